The van der Waals surface area contributed by atoms with E-state index in [4.69, 9.17) is 0 Å². The summed E-state index contributed by atoms with van der Waals surface area (Å²) in [5.74, 6) is 3.07. The van der Waals surface area contributed by atoms with Gasteiger partial charge in [0.25, 0.3) is 0 Å². The molecule has 5 heteroatoms. The maximum Gasteiger partial charge on any atom is 0.220 e. The first-order valence-electron chi connectivity index (χ1n) is 14.0. The minimum Gasteiger partial charge on any atom is -0.348 e. The summed E-state index contributed by atoms with van der Waals surface area (Å²) in [4.78, 5) is 40.0. The number of hydrogen-bond acceptors (Lipinski definition) is 4. The number of carbonyl (C=O) groups excluding carboxylic acids is 3. The second-order valence-corrected chi connectivity index (χ2v) is 13.8. The molecule has 0 aromatic carbocycles. The van der Waals surface area contributed by atoms with E-state index in [2.05, 4.69) is 44.5 Å². The zero-order valence-corrected chi connectivity index (χ0v) is 22.8. The van der Waals surface area contributed by atoms with E-state index in [0.29, 0.717) is 60.9 Å². The quantitative estimate of drug-likeness (QED) is 0.473. The average molecular weight is 498 g/mol. The Morgan fingerprint density at radius 2 is 1.89 bits per heavy atom. The molecule has 9 atom stereocenters. The van der Waals surface area contributed by atoms with Crippen molar-refractivity contribution in [2.75, 3.05) is 0 Å². The summed E-state index contributed by atoms with van der Waals surface area (Å²) >= 11 is 1.71. The van der Waals surface area contributed by atoms with Gasteiger partial charge >= 0.3 is 0 Å². The van der Waals surface area contributed by atoms with Crippen LogP contribution >= 0.6 is 11.3 Å². The van der Waals surface area contributed by atoms with Crippen molar-refractivity contribution in [3.05, 3.63) is 22.4 Å². The molecule has 0 spiro atoms. The second kappa shape index (κ2) is 9.43. The van der Waals surface area contributed by atoms with E-state index in [1.54, 1.807) is 11.3 Å². The number of Topliss-reactive ketones (excluding diaryl/α,β-unsaturated/α-hetero) is 2. The summed E-state index contributed by atoms with van der Waals surface area (Å²) in [6, 6.07) is 4.26. The van der Waals surface area contributed by atoms with Gasteiger partial charge in [0, 0.05) is 36.5 Å². The summed E-state index contributed by atoms with van der Waals surface area (Å²) in [5, 5.41) is 5.36. The lowest BCUT2D eigenvalue weighted by Gasteiger charge is -2.59. The Labute approximate surface area is 215 Å². The van der Waals surface area contributed by atoms with Gasteiger partial charge in [0.05, 0.1) is 6.04 Å². The molecule has 0 saturated heterocycles. The van der Waals surface area contributed by atoms with Crippen LogP contribution in [0.4, 0.5) is 0 Å². The molecule has 0 radical (unpaired) electrons. The highest BCUT2D eigenvalue weighted by atomic mass is 32.1. The molecule has 1 heterocycles. The smallest absolute Gasteiger partial charge is 0.220 e. The van der Waals surface area contributed by atoms with Gasteiger partial charge in [-0.2, -0.15) is 0 Å². The number of amides is 1. The Balaban J connectivity index is 1.28. The highest BCUT2D eigenvalue weighted by Crippen LogP contribution is 2.67. The van der Waals surface area contributed by atoms with Crippen LogP contribution in [0.2, 0.25) is 0 Å². The second-order valence-electron chi connectivity index (χ2n) is 12.8. The normalized spacial score (nSPS) is 40.4. The molecule has 5 rings (SSSR count). The van der Waals surface area contributed by atoms with Crippen LogP contribution in [0.25, 0.3) is 0 Å². The SMILES string of the molecule is CCC(NC(=O)C[C@@H](C)C1CCC2C3C(=O)CC4CC(=O)CCC4(C)[C@H]3CCC21C)c1cccs1. The van der Waals surface area contributed by atoms with E-state index < -0.39 is 0 Å². The summed E-state index contributed by atoms with van der Waals surface area (Å²) < 4.78 is 0. The monoisotopic (exact) mass is 497 g/mol. The first kappa shape index (κ1) is 25.2. The summed E-state index contributed by atoms with van der Waals surface area (Å²) in [5.41, 5.74) is 0.288. The number of ketones is 2. The molecular weight excluding hydrogens is 454 g/mol. The molecular formula is C30H43NO3S. The average Bonchev–Trinajstić information content (AvgIpc) is 3.46. The van der Waals surface area contributed by atoms with E-state index in [9.17, 15) is 14.4 Å². The summed E-state index contributed by atoms with van der Waals surface area (Å²) in [6.07, 6.45) is 8.88. The van der Waals surface area contributed by atoms with Crippen molar-refractivity contribution in [1.29, 1.82) is 0 Å². The lowest BCUT2D eigenvalue weighted by Crippen LogP contribution is -2.57. The molecule has 4 aliphatic carbocycles. The van der Waals surface area contributed by atoms with Crippen molar-refractivity contribution in [1.82, 2.24) is 5.32 Å². The van der Waals surface area contributed by atoms with Crippen molar-refractivity contribution < 1.29 is 14.4 Å². The third-order valence-electron chi connectivity index (χ3n) is 11.2. The lowest BCUT2D eigenvalue weighted by molar-refractivity contribution is -0.159. The molecule has 1 aromatic rings. The van der Waals surface area contributed by atoms with Crippen LogP contribution in [0, 0.1) is 46.3 Å². The first-order valence-corrected chi connectivity index (χ1v) is 14.9. The third-order valence-corrected chi connectivity index (χ3v) is 12.2. The standard InChI is InChI=1S/C30H43NO3S/c1-5-24(26-7-6-14-35-26)31-27(34)15-18(2)21-8-9-22-28-23(11-13-30(21,22)4)29(3)12-10-20(32)16-19(29)17-25(28)33/h6-7,14,18-19,21-24,28H,5,8-13,15-17H2,1-4H3,(H,31,34)/t18-,19?,21?,22?,23+,24?,28?,29?,30?/m1/s1. The van der Waals surface area contributed by atoms with Crippen LogP contribution in [0.3, 0.4) is 0 Å². The summed E-state index contributed by atoms with van der Waals surface area (Å²) in [7, 11) is 0. The number of thiophene rings is 1. The highest BCUT2D eigenvalue weighted by molar-refractivity contribution is 7.10. The van der Waals surface area contributed by atoms with Gasteiger partial charge < -0.3 is 5.32 Å². The Morgan fingerprint density at radius 3 is 2.60 bits per heavy atom. The fourth-order valence-electron chi connectivity index (χ4n) is 9.25. The van der Waals surface area contributed by atoms with Crippen molar-refractivity contribution in [2.45, 2.75) is 97.9 Å². The molecule has 1 amide bonds. The number of hydrogen-bond donors (Lipinski definition) is 1. The molecule has 0 bridgehead atoms. The molecule has 4 aliphatic rings. The highest BCUT2D eigenvalue weighted by Gasteiger charge is 2.63. The Bertz CT molecular complexity index is 972. The van der Waals surface area contributed by atoms with E-state index in [0.717, 1.165) is 38.5 Å². The molecule has 35 heavy (non-hydrogen) atoms. The number of fused-ring (bicyclic) bond motifs is 5. The molecule has 4 fully saturated rings. The van der Waals surface area contributed by atoms with Gasteiger partial charge in [-0.25, -0.2) is 0 Å². The molecule has 0 aliphatic heterocycles. The van der Waals surface area contributed by atoms with Crippen molar-refractivity contribution in [3.8, 4) is 0 Å². The largest absolute Gasteiger partial charge is 0.348 e. The fourth-order valence-corrected chi connectivity index (χ4v) is 10.1. The van der Waals surface area contributed by atoms with Gasteiger partial charge in [-0.05, 0) is 90.4 Å². The number of carbonyl (C=O) groups is 3. The molecule has 192 valence electrons. The van der Waals surface area contributed by atoms with E-state index in [-0.39, 0.29) is 34.6 Å². The number of rotatable bonds is 6. The Morgan fingerprint density at radius 1 is 1.11 bits per heavy atom. The maximum atomic E-state index is 13.6. The van der Waals surface area contributed by atoms with Crippen molar-refractivity contribution in [3.63, 3.8) is 0 Å². The fraction of sp³-hybridized carbons (Fsp3) is 0.767. The third kappa shape index (κ3) is 4.24. The number of nitrogens with one attached hydrogen (secondary N) is 1. The minimum atomic E-state index is 0.105. The zero-order chi connectivity index (χ0) is 25.0. The Kier molecular flexibility index (Phi) is 6.78. The van der Waals surface area contributed by atoms with Gasteiger partial charge in [0.1, 0.15) is 11.6 Å². The van der Waals surface area contributed by atoms with Gasteiger partial charge in [0.2, 0.25) is 5.91 Å². The Hall–Kier alpha value is -1.49. The van der Waals surface area contributed by atoms with E-state index in [1.807, 2.05) is 6.07 Å². The maximum absolute atomic E-state index is 13.6. The zero-order valence-electron chi connectivity index (χ0n) is 22.0. The van der Waals surface area contributed by atoms with Crippen LogP contribution in [0.1, 0.15) is 103 Å². The lowest BCUT2D eigenvalue weighted by atomic mass is 9.44. The van der Waals surface area contributed by atoms with Gasteiger partial charge in [0.15, 0.2) is 0 Å². The molecule has 1 aromatic heterocycles. The van der Waals surface area contributed by atoms with Crippen LogP contribution in [-0.4, -0.2) is 17.5 Å². The predicted molar refractivity (Wildman–Crippen MR) is 140 cm³/mol. The first-order chi connectivity index (χ1) is 16.7. The van der Waals surface area contributed by atoms with Crippen molar-refractivity contribution in [2.24, 2.45) is 46.3 Å². The molecule has 4 saturated carbocycles. The van der Waals surface area contributed by atoms with E-state index >= 15 is 0 Å². The van der Waals surface area contributed by atoms with Gasteiger partial charge in [-0.15, -0.1) is 11.3 Å². The van der Waals surface area contributed by atoms with Gasteiger partial charge in [-0.3, -0.25) is 14.4 Å². The van der Waals surface area contributed by atoms with Crippen LogP contribution < -0.4 is 5.32 Å². The van der Waals surface area contributed by atoms with Crippen LogP contribution in [0.5, 0.6) is 0 Å². The molecule has 7 unspecified atom stereocenters. The predicted octanol–water partition coefficient (Wildman–Crippen LogP) is 6.75. The van der Waals surface area contributed by atoms with Crippen LogP contribution in [0.15, 0.2) is 17.5 Å². The molecule has 1 N–H and O–H groups in total. The van der Waals surface area contributed by atoms with E-state index in [1.165, 1.54) is 4.88 Å². The molecule has 4 nitrogen and oxygen atoms in total. The van der Waals surface area contributed by atoms with Crippen molar-refractivity contribution >= 4 is 28.8 Å². The topological polar surface area (TPSA) is 63.2 Å². The van der Waals surface area contributed by atoms with Crippen LogP contribution in [-0.2, 0) is 14.4 Å². The van der Waals surface area contributed by atoms with Gasteiger partial charge in [-0.1, -0.05) is 33.8 Å². The summed E-state index contributed by atoms with van der Waals surface area (Å²) in [6.45, 7) is 9.23. The minimum absolute atomic E-state index is 0.105.